The fourth-order valence-corrected chi connectivity index (χ4v) is 2.73. The normalized spacial score (nSPS) is 10.2. The highest BCUT2D eigenvalue weighted by atomic mass is 15.1. The van der Waals surface area contributed by atoms with Gasteiger partial charge >= 0.3 is 0 Å². The van der Waals surface area contributed by atoms with Crippen molar-refractivity contribution in [2.24, 2.45) is 0 Å². The van der Waals surface area contributed by atoms with E-state index in [0.717, 1.165) is 22.6 Å². The Bertz CT molecular complexity index is 810. The average Bonchev–Trinajstić information content (AvgIpc) is 2.59. The summed E-state index contributed by atoms with van der Waals surface area (Å²) in [4.78, 5) is 2.22. The summed E-state index contributed by atoms with van der Waals surface area (Å²) in [7, 11) is 0. The summed E-state index contributed by atoms with van der Waals surface area (Å²) >= 11 is 0. The molecule has 0 aliphatic heterocycles. The van der Waals surface area contributed by atoms with Crippen LogP contribution in [0, 0.1) is 25.2 Å². The molecule has 0 unspecified atom stereocenters. The molecule has 2 heteroatoms. The molecule has 118 valence electrons. The van der Waals surface area contributed by atoms with Crippen LogP contribution < -0.4 is 4.90 Å². The molecule has 0 amide bonds. The maximum absolute atomic E-state index is 8.98. The van der Waals surface area contributed by atoms with Gasteiger partial charge in [-0.2, -0.15) is 5.26 Å². The lowest BCUT2D eigenvalue weighted by Crippen LogP contribution is -2.10. The van der Waals surface area contributed by atoms with Crippen LogP contribution in [0.2, 0.25) is 0 Å². The monoisotopic (exact) mass is 312 g/mol. The summed E-state index contributed by atoms with van der Waals surface area (Å²) in [5.41, 5.74) is 6.79. The van der Waals surface area contributed by atoms with Gasteiger partial charge in [0.1, 0.15) is 0 Å². The molecule has 0 fully saturated rings. The van der Waals surface area contributed by atoms with Crippen molar-refractivity contribution in [3.63, 3.8) is 0 Å². The summed E-state index contributed by atoms with van der Waals surface area (Å²) < 4.78 is 0. The van der Waals surface area contributed by atoms with E-state index in [-0.39, 0.29) is 0 Å². The van der Waals surface area contributed by atoms with E-state index >= 15 is 0 Å². The Balaban J connectivity index is 2.11. The van der Waals surface area contributed by atoms with Crippen molar-refractivity contribution < 1.29 is 0 Å². The van der Waals surface area contributed by atoms with Crippen molar-refractivity contribution in [3.05, 3.63) is 89.5 Å². The van der Waals surface area contributed by atoms with E-state index in [2.05, 4.69) is 85.5 Å². The van der Waals surface area contributed by atoms with Crippen LogP contribution in [0.1, 0.15) is 16.7 Å². The topological polar surface area (TPSA) is 27.0 Å². The number of benzene rings is 3. The standard InChI is InChI=1S/C22H20N2/c1-17-6-10-20(11-7-17)24(21-12-8-18(2)9-13-21)22-5-3-4-19(16-22)14-15-23/h3-13,16H,14H2,1-2H3. The van der Waals surface area contributed by atoms with Gasteiger partial charge in [0.05, 0.1) is 12.5 Å². The number of hydrogen-bond donors (Lipinski definition) is 0. The van der Waals surface area contributed by atoms with Crippen molar-refractivity contribution in [1.29, 1.82) is 5.26 Å². The van der Waals surface area contributed by atoms with Crippen molar-refractivity contribution in [2.45, 2.75) is 20.3 Å². The Labute approximate surface area is 143 Å². The quantitative estimate of drug-likeness (QED) is 0.605. The molecule has 0 aliphatic rings. The first-order valence-electron chi connectivity index (χ1n) is 8.07. The van der Waals surface area contributed by atoms with E-state index in [0.29, 0.717) is 6.42 Å². The molecule has 0 spiro atoms. The zero-order valence-electron chi connectivity index (χ0n) is 14.0. The fourth-order valence-electron chi connectivity index (χ4n) is 2.73. The lowest BCUT2D eigenvalue weighted by Gasteiger charge is -2.26. The van der Waals surface area contributed by atoms with Crippen LogP contribution >= 0.6 is 0 Å². The molecular formula is C22H20N2. The minimum atomic E-state index is 0.420. The average molecular weight is 312 g/mol. The van der Waals surface area contributed by atoms with Gasteiger partial charge in [0.2, 0.25) is 0 Å². The summed E-state index contributed by atoms with van der Waals surface area (Å²) in [6.45, 7) is 4.18. The molecule has 0 radical (unpaired) electrons. The molecule has 0 atom stereocenters. The molecule has 0 N–H and O–H groups in total. The van der Waals surface area contributed by atoms with Crippen LogP contribution in [0.3, 0.4) is 0 Å². The smallest absolute Gasteiger partial charge is 0.0669 e. The molecule has 2 nitrogen and oxygen atoms in total. The second kappa shape index (κ2) is 7.02. The molecule has 3 aromatic rings. The zero-order chi connectivity index (χ0) is 16.9. The Hall–Kier alpha value is -3.05. The highest BCUT2D eigenvalue weighted by molar-refractivity contribution is 5.76. The molecule has 24 heavy (non-hydrogen) atoms. The lowest BCUT2D eigenvalue weighted by atomic mass is 10.1. The Morgan fingerprint density at radius 3 is 1.79 bits per heavy atom. The molecule has 0 saturated carbocycles. The van der Waals surface area contributed by atoms with Crippen LogP contribution in [0.15, 0.2) is 72.8 Å². The molecule has 0 bridgehead atoms. The first-order chi connectivity index (χ1) is 11.7. The van der Waals surface area contributed by atoms with Gasteiger partial charge in [-0.1, -0.05) is 47.5 Å². The molecule has 0 aromatic heterocycles. The Kier molecular flexibility index (Phi) is 4.63. The highest BCUT2D eigenvalue weighted by Gasteiger charge is 2.12. The summed E-state index contributed by atoms with van der Waals surface area (Å²) in [5, 5.41) is 8.98. The summed E-state index contributed by atoms with van der Waals surface area (Å²) in [6, 6.07) is 27.4. The first kappa shape index (κ1) is 15.8. The predicted molar refractivity (Wildman–Crippen MR) is 99.9 cm³/mol. The largest absolute Gasteiger partial charge is 0.310 e. The third kappa shape index (κ3) is 3.47. The second-order valence-electron chi connectivity index (χ2n) is 6.01. The van der Waals surface area contributed by atoms with Gasteiger partial charge in [-0.05, 0) is 55.8 Å². The molecular weight excluding hydrogens is 292 g/mol. The Morgan fingerprint density at radius 1 is 0.750 bits per heavy atom. The number of hydrogen-bond acceptors (Lipinski definition) is 2. The minimum absolute atomic E-state index is 0.420. The number of nitriles is 1. The molecule has 0 aliphatic carbocycles. The van der Waals surface area contributed by atoms with Gasteiger partial charge in [-0.3, -0.25) is 0 Å². The second-order valence-corrected chi connectivity index (χ2v) is 6.01. The van der Waals surface area contributed by atoms with Crippen LogP contribution in [0.4, 0.5) is 17.1 Å². The van der Waals surface area contributed by atoms with E-state index in [1.807, 2.05) is 12.1 Å². The fraction of sp³-hybridized carbons (Fsp3) is 0.136. The number of anilines is 3. The van der Waals surface area contributed by atoms with Crippen molar-refractivity contribution in [3.8, 4) is 6.07 Å². The van der Waals surface area contributed by atoms with Crippen molar-refractivity contribution >= 4 is 17.1 Å². The SMILES string of the molecule is Cc1ccc(N(c2ccc(C)cc2)c2cccc(CC#N)c2)cc1. The molecule has 0 saturated heterocycles. The number of nitrogens with zero attached hydrogens (tertiary/aromatic N) is 2. The highest BCUT2D eigenvalue weighted by Crippen LogP contribution is 2.35. The Morgan fingerprint density at radius 2 is 1.29 bits per heavy atom. The van der Waals surface area contributed by atoms with Gasteiger partial charge in [-0.15, -0.1) is 0 Å². The van der Waals surface area contributed by atoms with Gasteiger partial charge in [0.25, 0.3) is 0 Å². The van der Waals surface area contributed by atoms with E-state index in [4.69, 9.17) is 5.26 Å². The number of rotatable bonds is 4. The van der Waals surface area contributed by atoms with Crippen LogP contribution in [-0.2, 0) is 6.42 Å². The van der Waals surface area contributed by atoms with E-state index < -0.39 is 0 Å². The predicted octanol–water partition coefficient (Wildman–Crippen LogP) is 5.84. The summed E-state index contributed by atoms with van der Waals surface area (Å²) in [6.07, 6.45) is 0.420. The van der Waals surface area contributed by atoms with Gasteiger partial charge in [0.15, 0.2) is 0 Å². The third-order valence-electron chi connectivity index (χ3n) is 4.04. The van der Waals surface area contributed by atoms with Crippen molar-refractivity contribution in [1.82, 2.24) is 0 Å². The maximum atomic E-state index is 8.98. The summed E-state index contributed by atoms with van der Waals surface area (Å²) in [5.74, 6) is 0. The van der Waals surface area contributed by atoms with E-state index in [9.17, 15) is 0 Å². The number of aryl methyl sites for hydroxylation is 2. The zero-order valence-corrected chi connectivity index (χ0v) is 14.0. The molecule has 0 heterocycles. The van der Waals surface area contributed by atoms with Crippen LogP contribution in [-0.4, -0.2) is 0 Å². The first-order valence-corrected chi connectivity index (χ1v) is 8.07. The molecule has 3 aromatic carbocycles. The third-order valence-corrected chi connectivity index (χ3v) is 4.04. The van der Waals surface area contributed by atoms with Gasteiger partial charge < -0.3 is 4.90 Å². The minimum Gasteiger partial charge on any atom is -0.310 e. The van der Waals surface area contributed by atoms with Crippen molar-refractivity contribution in [2.75, 3.05) is 4.90 Å². The van der Waals surface area contributed by atoms with Crippen LogP contribution in [0.5, 0.6) is 0 Å². The van der Waals surface area contributed by atoms with E-state index in [1.54, 1.807) is 0 Å². The van der Waals surface area contributed by atoms with Gasteiger partial charge in [0, 0.05) is 17.1 Å². The van der Waals surface area contributed by atoms with E-state index in [1.165, 1.54) is 11.1 Å². The van der Waals surface area contributed by atoms with Crippen LogP contribution in [0.25, 0.3) is 0 Å². The lowest BCUT2D eigenvalue weighted by molar-refractivity contribution is 1.22. The maximum Gasteiger partial charge on any atom is 0.0669 e. The van der Waals surface area contributed by atoms with Gasteiger partial charge in [-0.25, -0.2) is 0 Å². The molecule has 3 rings (SSSR count).